The van der Waals surface area contributed by atoms with Crippen molar-refractivity contribution in [2.75, 3.05) is 7.11 Å². The number of aromatic nitrogens is 1. The first-order chi connectivity index (χ1) is 7.27. The molecule has 0 aliphatic carbocycles. The Labute approximate surface area is 101 Å². The predicted octanol–water partition coefficient (Wildman–Crippen LogP) is 3.65. The number of nitrogens with zero attached hydrogens (tertiary/aromatic N) is 1. The van der Waals surface area contributed by atoms with E-state index in [0.29, 0.717) is 6.07 Å². The van der Waals surface area contributed by atoms with Crippen LogP contribution in [0.3, 0.4) is 0 Å². The maximum Gasteiger partial charge on any atom is 0.433 e. The predicted molar refractivity (Wildman–Crippen MR) is 53.5 cm³/mol. The second-order valence-corrected chi connectivity index (χ2v) is 3.80. The smallest absolute Gasteiger partial charge is 0.433 e. The van der Waals surface area contributed by atoms with Gasteiger partial charge in [-0.15, -0.1) is 0 Å². The Balaban J connectivity index is 3.40. The largest absolute Gasteiger partial charge is 0.480 e. The summed E-state index contributed by atoms with van der Waals surface area (Å²) in [5.74, 6) is -0.453. The van der Waals surface area contributed by atoms with Crippen LogP contribution in [0.25, 0.3) is 0 Å². The lowest BCUT2D eigenvalue weighted by Crippen LogP contribution is -2.11. The molecule has 1 aromatic rings. The second-order valence-electron chi connectivity index (χ2n) is 2.72. The van der Waals surface area contributed by atoms with E-state index in [1.165, 1.54) is 22.6 Å². The maximum absolute atomic E-state index is 12.5. The number of hydrogen-bond acceptors (Lipinski definition) is 2. The molecule has 1 heterocycles. The average molecular weight is 353 g/mol. The average Bonchev–Trinajstić information content (AvgIpc) is 2.15. The van der Waals surface area contributed by atoms with Crippen LogP contribution >= 0.6 is 22.6 Å². The van der Waals surface area contributed by atoms with E-state index < -0.39 is 29.7 Å². The molecule has 0 N–H and O–H groups in total. The van der Waals surface area contributed by atoms with E-state index in [-0.39, 0.29) is 3.57 Å². The number of ether oxygens (including phenoxy) is 1. The highest BCUT2D eigenvalue weighted by Crippen LogP contribution is 2.36. The zero-order chi connectivity index (χ0) is 12.5. The molecular formula is C8H5F5INO. The standard InChI is InChI=1S/C8H5F5INO/c1-16-7-5(14)3(6(9)10)2-4(15-7)8(11,12)13/h2,6H,1H3. The van der Waals surface area contributed by atoms with E-state index in [1.807, 2.05) is 0 Å². The van der Waals surface area contributed by atoms with Crippen LogP contribution in [0.1, 0.15) is 17.7 Å². The van der Waals surface area contributed by atoms with Crippen molar-refractivity contribution in [1.29, 1.82) is 0 Å². The third-order valence-electron chi connectivity index (χ3n) is 1.67. The van der Waals surface area contributed by atoms with Gasteiger partial charge in [0.1, 0.15) is 5.69 Å². The molecule has 0 radical (unpaired) electrons. The molecule has 16 heavy (non-hydrogen) atoms. The number of methoxy groups -OCH3 is 1. The third kappa shape index (κ3) is 2.71. The van der Waals surface area contributed by atoms with Crippen molar-refractivity contribution >= 4 is 22.6 Å². The number of rotatable bonds is 2. The Hall–Kier alpha value is -0.670. The van der Waals surface area contributed by atoms with Crippen molar-refractivity contribution in [3.05, 3.63) is 20.9 Å². The zero-order valence-electron chi connectivity index (χ0n) is 7.78. The Morgan fingerprint density at radius 1 is 1.38 bits per heavy atom. The van der Waals surface area contributed by atoms with Crippen LogP contribution in [0.2, 0.25) is 0 Å². The SMILES string of the molecule is COc1nc(C(F)(F)F)cc(C(F)F)c1I. The molecule has 0 atom stereocenters. The highest BCUT2D eigenvalue weighted by atomic mass is 127. The Bertz CT molecular complexity index is 393. The van der Waals surface area contributed by atoms with Crippen molar-refractivity contribution in [1.82, 2.24) is 4.98 Å². The van der Waals surface area contributed by atoms with Gasteiger partial charge in [0.2, 0.25) is 5.88 Å². The third-order valence-corrected chi connectivity index (χ3v) is 2.76. The lowest BCUT2D eigenvalue weighted by molar-refractivity contribution is -0.141. The van der Waals surface area contributed by atoms with E-state index in [4.69, 9.17) is 0 Å². The molecule has 0 bridgehead atoms. The molecule has 1 rings (SSSR count). The van der Waals surface area contributed by atoms with Gasteiger partial charge in [0.15, 0.2) is 0 Å². The lowest BCUT2D eigenvalue weighted by Gasteiger charge is -2.12. The molecule has 0 fully saturated rings. The van der Waals surface area contributed by atoms with E-state index in [9.17, 15) is 22.0 Å². The molecule has 90 valence electrons. The molecule has 0 aliphatic rings. The lowest BCUT2D eigenvalue weighted by atomic mass is 10.2. The van der Waals surface area contributed by atoms with Crippen LogP contribution < -0.4 is 4.74 Å². The summed E-state index contributed by atoms with van der Waals surface area (Å²) in [5, 5.41) is 0. The van der Waals surface area contributed by atoms with Gasteiger partial charge in [0.05, 0.1) is 10.7 Å². The van der Waals surface area contributed by atoms with Gasteiger partial charge in [-0.3, -0.25) is 0 Å². The van der Waals surface area contributed by atoms with E-state index in [1.54, 1.807) is 0 Å². The van der Waals surface area contributed by atoms with Crippen molar-refractivity contribution in [2.45, 2.75) is 12.6 Å². The normalized spacial score (nSPS) is 12.0. The molecule has 0 aliphatic heterocycles. The number of pyridine rings is 1. The zero-order valence-corrected chi connectivity index (χ0v) is 9.94. The fraction of sp³-hybridized carbons (Fsp3) is 0.375. The summed E-state index contributed by atoms with van der Waals surface area (Å²) in [6.07, 6.45) is -7.79. The monoisotopic (exact) mass is 353 g/mol. The molecule has 0 saturated heterocycles. The van der Waals surface area contributed by atoms with Gasteiger partial charge in [-0.2, -0.15) is 13.2 Å². The molecule has 0 saturated carbocycles. The highest BCUT2D eigenvalue weighted by molar-refractivity contribution is 14.1. The van der Waals surface area contributed by atoms with Gasteiger partial charge in [0, 0.05) is 5.56 Å². The van der Waals surface area contributed by atoms with Crippen molar-refractivity contribution in [2.24, 2.45) is 0 Å². The van der Waals surface area contributed by atoms with E-state index >= 15 is 0 Å². The summed E-state index contributed by atoms with van der Waals surface area (Å²) < 4.78 is 66.3. The fourth-order valence-electron chi connectivity index (χ4n) is 0.964. The van der Waals surface area contributed by atoms with Crippen LogP contribution in [0.5, 0.6) is 5.88 Å². The Morgan fingerprint density at radius 2 is 1.94 bits per heavy atom. The number of hydrogen-bond donors (Lipinski definition) is 0. The minimum atomic E-state index is -4.78. The van der Waals surface area contributed by atoms with Gasteiger partial charge >= 0.3 is 6.18 Å². The van der Waals surface area contributed by atoms with Crippen molar-refractivity contribution in [3.63, 3.8) is 0 Å². The summed E-state index contributed by atoms with van der Waals surface area (Å²) in [6, 6.07) is 0.328. The Kier molecular flexibility index (Phi) is 3.92. The topological polar surface area (TPSA) is 22.1 Å². The molecule has 0 aromatic carbocycles. The first-order valence-electron chi connectivity index (χ1n) is 3.87. The van der Waals surface area contributed by atoms with Gasteiger partial charge in [-0.1, -0.05) is 0 Å². The van der Waals surface area contributed by atoms with Gasteiger partial charge < -0.3 is 4.74 Å². The summed E-state index contributed by atoms with van der Waals surface area (Å²) in [6.45, 7) is 0. The summed E-state index contributed by atoms with van der Waals surface area (Å²) in [4.78, 5) is 3.12. The molecule has 0 amide bonds. The van der Waals surface area contributed by atoms with Gasteiger partial charge in [-0.25, -0.2) is 13.8 Å². The van der Waals surface area contributed by atoms with Crippen LogP contribution in [0.4, 0.5) is 22.0 Å². The molecular weight excluding hydrogens is 348 g/mol. The van der Waals surface area contributed by atoms with E-state index in [2.05, 4.69) is 9.72 Å². The van der Waals surface area contributed by atoms with Crippen LogP contribution in [0.15, 0.2) is 6.07 Å². The number of halogens is 6. The van der Waals surface area contributed by atoms with Gasteiger partial charge in [0.25, 0.3) is 6.43 Å². The molecule has 0 spiro atoms. The minimum Gasteiger partial charge on any atom is -0.480 e. The van der Waals surface area contributed by atoms with Crippen molar-refractivity contribution < 1.29 is 26.7 Å². The van der Waals surface area contributed by atoms with Crippen molar-refractivity contribution in [3.8, 4) is 5.88 Å². The fourth-order valence-corrected chi connectivity index (χ4v) is 1.70. The minimum absolute atomic E-state index is 0.122. The molecule has 1 aromatic heterocycles. The molecule has 8 heteroatoms. The number of alkyl halides is 5. The Morgan fingerprint density at radius 3 is 2.31 bits per heavy atom. The van der Waals surface area contributed by atoms with Crippen LogP contribution in [-0.2, 0) is 6.18 Å². The summed E-state index contributed by atoms with van der Waals surface area (Å²) in [7, 11) is 1.07. The first-order valence-corrected chi connectivity index (χ1v) is 4.95. The quantitative estimate of drug-likeness (QED) is 0.598. The molecule has 0 unspecified atom stereocenters. The first kappa shape index (κ1) is 13.4. The molecule has 2 nitrogen and oxygen atoms in total. The second kappa shape index (κ2) is 4.68. The highest BCUT2D eigenvalue weighted by Gasteiger charge is 2.35. The van der Waals surface area contributed by atoms with E-state index in [0.717, 1.165) is 7.11 Å². The van der Waals surface area contributed by atoms with Crippen LogP contribution in [0, 0.1) is 3.57 Å². The summed E-state index contributed by atoms with van der Waals surface area (Å²) >= 11 is 1.47. The summed E-state index contributed by atoms with van der Waals surface area (Å²) in [5.41, 5.74) is -2.13. The van der Waals surface area contributed by atoms with Crippen LogP contribution in [-0.4, -0.2) is 12.1 Å². The maximum atomic E-state index is 12.5. The van der Waals surface area contributed by atoms with Gasteiger partial charge in [-0.05, 0) is 28.7 Å².